The summed E-state index contributed by atoms with van der Waals surface area (Å²) in [4.78, 5) is 12.0. The maximum atomic E-state index is 12.0. The van der Waals surface area contributed by atoms with Gasteiger partial charge in [-0.25, -0.2) is 0 Å². The standard InChI is InChI=1S/C14H18O/c1-11(10-14(2,3)4)13(15)12-8-6-5-7-9-12/h5-10H,1-4H3/b11-10+. The van der Waals surface area contributed by atoms with Crippen LogP contribution in [-0.4, -0.2) is 5.78 Å². The molecule has 0 saturated carbocycles. The van der Waals surface area contributed by atoms with Gasteiger partial charge in [0, 0.05) is 5.56 Å². The molecule has 80 valence electrons. The Morgan fingerprint density at radius 3 is 2.13 bits per heavy atom. The van der Waals surface area contributed by atoms with Crippen molar-refractivity contribution in [2.24, 2.45) is 5.41 Å². The second kappa shape index (κ2) is 4.43. The first-order valence-corrected chi connectivity index (χ1v) is 5.19. The lowest BCUT2D eigenvalue weighted by Gasteiger charge is -2.13. The van der Waals surface area contributed by atoms with E-state index in [1.54, 1.807) is 0 Å². The Hall–Kier alpha value is -1.37. The fraction of sp³-hybridized carbons (Fsp3) is 0.357. The van der Waals surface area contributed by atoms with Crippen LogP contribution < -0.4 is 0 Å². The van der Waals surface area contributed by atoms with Gasteiger partial charge in [0.15, 0.2) is 5.78 Å². The molecule has 0 saturated heterocycles. The highest BCUT2D eigenvalue weighted by Gasteiger charge is 2.12. The zero-order chi connectivity index (χ0) is 11.5. The summed E-state index contributed by atoms with van der Waals surface area (Å²) in [6, 6.07) is 9.39. The van der Waals surface area contributed by atoms with Gasteiger partial charge in [-0.3, -0.25) is 4.79 Å². The monoisotopic (exact) mass is 202 g/mol. The van der Waals surface area contributed by atoms with Gasteiger partial charge >= 0.3 is 0 Å². The topological polar surface area (TPSA) is 17.1 Å². The van der Waals surface area contributed by atoms with Gasteiger partial charge in [-0.2, -0.15) is 0 Å². The lowest BCUT2D eigenvalue weighted by molar-refractivity contribution is 0.103. The summed E-state index contributed by atoms with van der Waals surface area (Å²) in [5, 5.41) is 0. The zero-order valence-corrected chi connectivity index (χ0v) is 9.87. The van der Waals surface area contributed by atoms with Gasteiger partial charge in [0.1, 0.15) is 0 Å². The molecule has 15 heavy (non-hydrogen) atoms. The fourth-order valence-electron chi connectivity index (χ4n) is 1.53. The van der Waals surface area contributed by atoms with Crippen LogP contribution in [0.2, 0.25) is 0 Å². The van der Waals surface area contributed by atoms with Gasteiger partial charge in [-0.1, -0.05) is 57.2 Å². The summed E-state index contributed by atoms with van der Waals surface area (Å²) < 4.78 is 0. The Bertz CT molecular complexity index is 366. The van der Waals surface area contributed by atoms with Crippen molar-refractivity contribution in [3.8, 4) is 0 Å². The van der Waals surface area contributed by atoms with E-state index >= 15 is 0 Å². The van der Waals surface area contributed by atoms with E-state index in [-0.39, 0.29) is 11.2 Å². The zero-order valence-electron chi connectivity index (χ0n) is 9.87. The van der Waals surface area contributed by atoms with Gasteiger partial charge in [0.25, 0.3) is 0 Å². The van der Waals surface area contributed by atoms with Crippen LogP contribution in [0.4, 0.5) is 0 Å². The van der Waals surface area contributed by atoms with E-state index in [0.29, 0.717) is 0 Å². The quantitative estimate of drug-likeness (QED) is 0.525. The number of hydrogen-bond acceptors (Lipinski definition) is 1. The smallest absolute Gasteiger partial charge is 0.188 e. The highest BCUT2D eigenvalue weighted by Crippen LogP contribution is 2.19. The molecule has 0 radical (unpaired) electrons. The Balaban J connectivity index is 2.92. The van der Waals surface area contributed by atoms with Crippen LogP contribution in [-0.2, 0) is 0 Å². The van der Waals surface area contributed by atoms with E-state index in [1.165, 1.54) is 0 Å². The number of rotatable bonds is 2. The molecule has 1 heteroatoms. The molecule has 0 aromatic heterocycles. The molecule has 0 amide bonds. The average Bonchev–Trinajstić information content (AvgIpc) is 2.15. The van der Waals surface area contributed by atoms with Crippen LogP contribution in [0.25, 0.3) is 0 Å². The Kier molecular flexibility index (Phi) is 3.46. The van der Waals surface area contributed by atoms with Crippen LogP contribution in [0.15, 0.2) is 42.0 Å². The van der Waals surface area contributed by atoms with E-state index in [9.17, 15) is 4.79 Å². The first-order valence-electron chi connectivity index (χ1n) is 5.19. The van der Waals surface area contributed by atoms with E-state index in [2.05, 4.69) is 20.8 Å². The third kappa shape index (κ3) is 3.70. The predicted molar refractivity (Wildman–Crippen MR) is 64.0 cm³/mol. The molecule has 0 atom stereocenters. The third-order valence-electron chi connectivity index (χ3n) is 2.04. The minimum atomic E-state index is 0.0501. The van der Waals surface area contributed by atoms with Crippen LogP contribution >= 0.6 is 0 Å². The molecule has 1 aromatic rings. The Morgan fingerprint density at radius 1 is 1.13 bits per heavy atom. The summed E-state index contributed by atoms with van der Waals surface area (Å²) in [6.07, 6.45) is 2.02. The molecule has 0 spiro atoms. The second-order valence-corrected chi connectivity index (χ2v) is 4.89. The van der Waals surface area contributed by atoms with Crippen LogP contribution in [0.1, 0.15) is 38.1 Å². The molecule has 0 aliphatic heterocycles. The highest BCUT2D eigenvalue weighted by atomic mass is 16.1. The number of Topliss-reactive ketones (excluding diaryl/α,β-unsaturated/α-hetero) is 1. The van der Waals surface area contributed by atoms with Crippen molar-refractivity contribution in [2.45, 2.75) is 27.7 Å². The lowest BCUT2D eigenvalue weighted by atomic mass is 9.91. The number of carbonyl (C=O) groups is 1. The second-order valence-electron chi connectivity index (χ2n) is 4.89. The molecule has 0 heterocycles. The van der Waals surface area contributed by atoms with E-state index in [0.717, 1.165) is 11.1 Å². The van der Waals surface area contributed by atoms with Gasteiger partial charge in [-0.15, -0.1) is 0 Å². The van der Waals surface area contributed by atoms with Crippen LogP contribution in [0, 0.1) is 5.41 Å². The van der Waals surface area contributed by atoms with E-state index < -0.39 is 0 Å². The van der Waals surface area contributed by atoms with E-state index in [1.807, 2.05) is 43.3 Å². The summed E-state index contributed by atoms with van der Waals surface area (Å²) >= 11 is 0. The van der Waals surface area contributed by atoms with Crippen molar-refractivity contribution in [3.05, 3.63) is 47.5 Å². The molecule has 1 nitrogen and oxygen atoms in total. The van der Waals surface area contributed by atoms with Crippen molar-refractivity contribution in [3.63, 3.8) is 0 Å². The van der Waals surface area contributed by atoms with Crippen molar-refractivity contribution in [1.29, 1.82) is 0 Å². The minimum Gasteiger partial charge on any atom is -0.289 e. The molecule has 0 bridgehead atoms. The Labute approximate surface area is 91.8 Å². The fourth-order valence-corrected chi connectivity index (χ4v) is 1.53. The maximum absolute atomic E-state index is 12.0. The maximum Gasteiger partial charge on any atom is 0.188 e. The van der Waals surface area contributed by atoms with Gasteiger partial charge in [-0.05, 0) is 17.9 Å². The first-order chi connectivity index (χ1) is 6.90. The number of hydrogen-bond donors (Lipinski definition) is 0. The van der Waals surface area contributed by atoms with Gasteiger partial charge in [0.2, 0.25) is 0 Å². The summed E-state index contributed by atoms with van der Waals surface area (Å²) in [5.41, 5.74) is 1.62. The minimum absolute atomic E-state index is 0.0501. The SMILES string of the molecule is C/C(=C\C(C)(C)C)C(=O)c1ccccc1. The van der Waals surface area contributed by atoms with Crippen LogP contribution in [0.5, 0.6) is 0 Å². The van der Waals surface area contributed by atoms with Gasteiger partial charge in [0.05, 0.1) is 0 Å². The molecule has 0 aliphatic carbocycles. The number of ketones is 1. The molecular weight excluding hydrogens is 184 g/mol. The molecule has 0 N–H and O–H groups in total. The average molecular weight is 202 g/mol. The van der Waals surface area contributed by atoms with Crippen LogP contribution in [0.3, 0.4) is 0 Å². The summed E-state index contributed by atoms with van der Waals surface area (Å²) in [6.45, 7) is 8.15. The third-order valence-corrected chi connectivity index (χ3v) is 2.04. The van der Waals surface area contributed by atoms with Crippen molar-refractivity contribution in [1.82, 2.24) is 0 Å². The van der Waals surface area contributed by atoms with Crippen molar-refractivity contribution >= 4 is 5.78 Å². The molecular formula is C14H18O. The molecule has 0 fully saturated rings. The summed E-state index contributed by atoms with van der Waals surface area (Å²) in [7, 11) is 0. The molecule has 1 aromatic carbocycles. The highest BCUT2D eigenvalue weighted by molar-refractivity contribution is 6.08. The Morgan fingerprint density at radius 2 is 1.67 bits per heavy atom. The number of benzene rings is 1. The first kappa shape index (κ1) is 11.7. The number of carbonyl (C=O) groups excluding carboxylic acids is 1. The molecule has 0 aliphatic rings. The molecule has 1 rings (SSSR count). The summed E-state index contributed by atoms with van der Waals surface area (Å²) in [5.74, 6) is 0.116. The largest absolute Gasteiger partial charge is 0.289 e. The lowest BCUT2D eigenvalue weighted by Crippen LogP contribution is -2.06. The van der Waals surface area contributed by atoms with Gasteiger partial charge < -0.3 is 0 Å². The molecule has 0 unspecified atom stereocenters. The normalized spacial score (nSPS) is 12.7. The predicted octanol–water partition coefficient (Wildman–Crippen LogP) is 3.86. The van der Waals surface area contributed by atoms with Crippen molar-refractivity contribution < 1.29 is 4.79 Å². The number of allylic oxidation sites excluding steroid dienone is 2. The van der Waals surface area contributed by atoms with Crippen molar-refractivity contribution in [2.75, 3.05) is 0 Å². The van der Waals surface area contributed by atoms with E-state index in [4.69, 9.17) is 0 Å².